The minimum Gasteiger partial charge on any atom is -0.493 e. The van der Waals surface area contributed by atoms with Crippen LogP contribution in [0.15, 0.2) is 36.1 Å². The number of hydrogen-bond donors (Lipinski definition) is 2. The number of rotatable bonds is 12. The number of amides is 1. The van der Waals surface area contributed by atoms with E-state index in [4.69, 9.17) is 23.7 Å². The van der Waals surface area contributed by atoms with E-state index in [-0.39, 0.29) is 29.6 Å². The molecule has 1 heterocycles. The predicted octanol–water partition coefficient (Wildman–Crippen LogP) is 3.03. The molecule has 0 aliphatic carbocycles. The number of hydrogen-bond acceptors (Lipinski definition) is 9. The lowest BCUT2D eigenvalue weighted by atomic mass is 10.1. The molecule has 2 aromatic carbocycles. The first-order valence-electron chi connectivity index (χ1n) is 10.8. The van der Waals surface area contributed by atoms with Crippen LogP contribution in [0.25, 0.3) is 6.08 Å². The van der Waals surface area contributed by atoms with Gasteiger partial charge in [0.15, 0.2) is 23.9 Å². The molecule has 1 atom stereocenters. The number of nitrogens with one attached hydrogen (secondary N) is 1. The zero-order valence-electron chi connectivity index (χ0n) is 20.3. The Morgan fingerprint density at radius 3 is 2.50 bits per heavy atom. The third-order valence-electron chi connectivity index (χ3n) is 5.28. The summed E-state index contributed by atoms with van der Waals surface area (Å²) in [6, 6.07) is 6.98. The summed E-state index contributed by atoms with van der Waals surface area (Å²) in [5.41, 5.74) is 0.884. The second-order valence-electron chi connectivity index (χ2n) is 7.55. The maximum Gasteiger partial charge on any atom is 0.326 e. The highest BCUT2D eigenvalue weighted by Crippen LogP contribution is 2.42. The van der Waals surface area contributed by atoms with Gasteiger partial charge in [0.2, 0.25) is 11.5 Å². The molecule has 0 radical (unpaired) electrons. The van der Waals surface area contributed by atoms with Gasteiger partial charge in [-0.1, -0.05) is 0 Å². The number of fused-ring (bicyclic) bond motifs is 1. The molecule has 3 rings (SSSR count). The summed E-state index contributed by atoms with van der Waals surface area (Å²) in [5, 5.41) is 11.7. The fourth-order valence-electron chi connectivity index (χ4n) is 3.51. The van der Waals surface area contributed by atoms with Crippen molar-refractivity contribution < 1.29 is 43.2 Å². The number of thioether (sulfide) groups is 1. The van der Waals surface area contributed by atoms with Crippen LogP contribution in [-0.4, -0.2) is 68.8 Å². The Morgan fingerprint density at radius 2 is 1.86 bits per heavy atom. The molecule has 1 aliphatic heterocycles. The van der Waals surface area contributed by atoms with Gasteiger partial charge in [-0.15, -0.1) is 0 Å². The number of ketones is 1. The number of benzene rings is 2. The van der Waals surface area contributed by atoms with E-state index in [1.807, 2.05) is 6.26 Å². The molecular formula is C25H27NO9S. The highest BCUT2D eigenvalue weighted by molar-refractivity contribution is 7.98. The van der Waals surface area contributed by atoms with Crippen LogP contribution in [-0.2, 0) is 9.59 Å². The molecule has 192 valence electrons. The number of Topliss-reactive ketones (excluding diaryl/α,β-unsaturated/α-hetero) is 1. The molecule has 11 heteroatoms. The van der Waals surface area contributed by atoms with Crippen LogP contribution in [0.4, 0.5) is 0 Å². The molecule has 0 fully saturated rings. The van der Waals surface area contributed by atoms with Crippen molar-refractivity contribution >= 4 is 35.5 Å². The van der Waals surface area contributed by atoms with E-state index >= 15 is 0 Å². The second-order valence-corrected chi connectivity index (χ2v) is 8.54. The number of allylic oxidation sites excluding steroid dienone is 1. The molecule has 1 aliphatic rings. The summed E-state index contributed by atoms with van der Waals surface area (Å²) < 4.78 is 27.4. The number of methoxy groups -OCH3 is 3. The van der Waals surface area contributed by atoms with Crippen molar-refractivity contribution in [3.05, 3.63) is 47.2 Å². The number of carboxylic acids is 1. The van der Waals surface area contributed by atoms with Gasteiger partial charge in [0.25, 0.3) is 5.91 Å². The van der Waals surface area contributed by atoms with E-state index in [0.29, 0.717) is 40.5 Å². The molecule has 36 heavy (non-hydrogen) atoms. The van der Waals surface area contributed by atoms with Gasteiger partial charge >= 0.3 is 5.97 Å². The summed E-state index contributed by atoms with van der Waals surface area (Å²) in [4.78, 5) is 36.3. The van der Waals surface area contributed by atoms with Gasteiger partial charge in [-0.3, -0.25) is 9.59 Å². The Bertz CT molecular complexity index is 1180. The van der Waals surface area contributed by atoms with Gasteiger partial charge in [-0.2, -0.15) is 11.8 Å². The molecule has 2 aromatic rings. The SMILES string of the molecule is COc1ccc(C=C2Oc3cc(OCC(=O)N[C@H](CCSC)C(=O)O)ccc3C2=O)c(OC)c1OC. The first-order chi connectivity index (χ1) is 17.3. The smallest absolute Gasteiger partial charge is 0.326 e. The summed E-state index contributed by atoms with van der Waals surface area (Å²) >= 11 is 1.49. The Labute approximate surface area is 212 Å². The van der Waals surface area contributed by atoms with Crippen LogP contribution in [0, 0.1) is 0 Å². The molecule has 0 aromatic heterocycles. The Hall–Kier alpha value is -3.86. The topological polar surface area (TPSA) is 130 Å². The highest BCUT2D eigenvalue weighted by atomic mass is 32.2. The molecule has 0 spiro atoms. The van der Waals surface area contributed by atoms with Crippen molar-refractivity contribution in [3.8, 4) is 28.7 Å². The van der Waals surface area contributed by atoms with E-state index in [1.54, 1.807) is 12.1 Å². The third-order valence-corrected chi connectivity index (χ3v) is 5.92. The van der Waals surface area contributed by atoms with Crippen LogP contribution < -0.4 is 29.0 Å². The van der Waals surface area contributed by atoms with Crippen molar-refractivity contribution in [1.82, 2.24) is 5.32 Å². The maximum absolute atomic E-state index is 12.9. The quantitative estimate of drug-likeness (QED) is 0.405. The van der Waals surface area contributed by atoms with E-state index < -0.39 is 17.9 Å². The highest BCUT2D eigenvalue weighted by Gasteiger charge is 2.29. The summed E-state index contributed by atoms with van der Waals surface area (Å²) in [5.74, 6) is 0.461. The number of carbonyl (C=O) groups excluding carboxylic acids is 2. The van der Waals surface area contributed by atoms with Gasteiger partial charge in [-0.25, -0.2) is 4.79 Å². The summed E-state index contributed by atoms with van der Waals surface area (Å²) in [7, 11) is 4.47. The van der Waals surface area contributed by atoms with Gasteiger partial charge in [0.05, 0.1) is 26.9 Å². The van der Waals surface area contributed by atoms with Gasteiger partial charge in [-0.05, 0) is 48.8 Å². The van der Waals surface area contributed by atoms with Gasteiger partial charge in [0, 0.05) is 11.6 Å². The number of carboxylic acid groups (broad SMARTS) is 1. The van der Waals surface area contributed by atoms with Crippen molar-refractivity contribution in [2.45, 2.75) is 12.5 Å². The van der Waals surface area contributed by atoms with E-state index in [1.165, 1.54) is 57.4 Å². The Morgan fingerprint density at radius 1 is 1.11 bits per heavy atom. The normalized spacial score (nSPS) is 14.0. The molecule has 2 N–H and O–H groups in total. The molecule has 0 saturated carbocycles. The molecule has 0 unspecified atom stereocenters. The second kappa shape index (κ2) is 12.2. The Kier molecular flexibility index (Phi) is 9.07. The fraction of sp³-hybridized carbons (Fsp3) is 0.320. The van der Waals surface area contributed by atoms with E-state index in [0.717, 1.165) is 0 Å². The maximum atomic E-state index is 12.9. The lowest BCUT2D eigenvalue weighted by Crippen LogP contribution is -2.43. The third kappa shape index (κ3) is 6.03. The molecule has 1 amide bonds. The first-order valence-corrected chi connectivity index (χ1v) is 12.2. The number of carbonyl (C=O) groups is 3. The fourth-order valence-corrected chi connectivity index (χ4v) is 3.99. The standard InChI is InChI=1S/C25H27NO9S/c1-31-18-8-5-14(23(32-2)24(18)33-3)11-20-22(28)16-7-6-15(12-19(16)35-20)34-13-21(27)26-17(25(29)30)9-10-36-4/h5-8,11-12,17H,9-10,13H2,1-4H3,(H,26,27)(H,29,30)/t17-/m1/s1. The van der Waals surface area contributed by atoms with Crippen molar-refractivity contribution in [2.75, 3.05) is 39.9 Å². The van der Waals surface area contributed by atoms with Crippen LogP contribution >= 0.6 is 11.8 Å². The monoisotopic (exact) mass is 517 g/mol. The first kappa shape index (κ1) is 26.7. The Balaban J connectivity index is 1.72. The molecule has 0 saturated heterocycles. The van der Waals surface area contributed by atoms with Crippen molar-refractivity contribution in [2.24, 2.45) is 0 Å². The largest absolute Gasteiger partial charge is 0.493 e. The van der Waals surface area contributed by atoms with Crippen LogP contribution in [0.1, 0.15) is 22.3 Å². The number of ether oxygens (including phenoxy) is 5. The summed E-state index contributed by atoms with van der Waals surface area (Å²) in [6.07, 6.45) is 3.70. The van der Waals surface area contributed by atoms with E-state index in [2.05, 4.69) is 5.32 Å². The average Bonchev–Trinajstić information content (AvgIpc) is 3.18. The van der Waals surface area contributed by atoms with E-state index in [9.17, 15) is 19.5 Å². The zero-order chi connectivity index (χ0) is 26.2. The molecular weight excluding hydrogens is 490 g/mol. The minimum atomic E-state index is -1.10. The van der Waals surface area contributed by atoms with Gasteiger partial charge in [0.1, 0.15) is 17.5 Å². The van der Waals surface area contributed by atoms with Crippen molar-refractivity contribution in [3.63, 3.8) is 0 Å². The predicted molar refractivity (Wildman–Crippen MR) is 134 cm³/mol. The van der Waals surface area contributed by atoms with Crippen LogP contribution in [0.5, 0.6) is 28.7 Å². The summed E-state index contributed by atoms with van der Waals surface area (Å²) in [6.45, 7) is -0.388. The molecule has 10 nitrogen and oxygen atoms in total. The van der Waals surface area contributed by atoms with Crippen molar-refractivity contribution in [1.29, 1.82) is 0 Å². The van der Waals surface area contributed by atoms with Crippen LogP contribution in [0.2, 0.25) is 0 Å². The number of aliphatic carboxylic acids is 1. The van der Waals surface area contributed by atoms with Gasteiger partial charge < -0.3 is 34.1 Å². The molecule has 0 bridgehead atoms. The lowest BCUT2D eigenvalue weighted by Gasteiger charge is -2.14. The average molecular weight is 518 g/mol. The minimum absolute atomic E-state index is 0.0727. The zero-order valence-corrected chi connectivity index (χ0v) is 21.1. The van der Waals surface area contributed by atoms with Crippen LogP contribution in [0.3, 0.4) is 0 Å². The lowest BCUT2D eigenvalue weighted by molar-refractivity contribution is -0.142.